The van der Waals surface area contributed by atoms with Crippen LogP contribution in [0.5, 0.6) is 5.75 Å². The molecule has 2 N–H and O–H groups in total. The molecule has 1 aliphatic rings. The molecule has 2 aromatic carbocycles. The molecule has 1 fully saturated rings. The largest absolute Gasteiger partial charge is 0.496 e. The molecule has 0 radical (unpaired) electrons. The molecule has 2 aromatic rings. The van der Waals surface area contributed by atoms with E-state index in [1.54, 1.807) is 14.0 Å². The molecule has 0 aliphatic carbocycles. The summed E-state index contributed by atoms with van der Waals surface area (Å²) in [5.74, 6) is -0.213. The van der Waals surface area contributed by atoms with Gasteiger partial charge >= 0.3 is 6.03 Å². The fourth-order valence-corrected chi connectivity index (χ4v) is 3.86. The van der Waals surface area contributed by atoms with Crippen molar-refractivity contribution in [2.24, 2.45) is 0 Å². The average molecular weight is 424 g/mol. The maximum atomic E-state index is 13.1. The van der Waals surface area contributed by atoms with Gasteiger partial charge in [-0.1, -0.05) is 55.8 Å². The molecule has 7 nitrogen and oxygen atoms in total. The van der Waals surface area contributed by atoms with Crippen molar-refractivity contribution in [3.8, 4) is 5.75 Å². The second-order valence-electron chi connectivity index (χ2n) is 7.92. The van der Waals surface area contributed by atoms with E-state index in [4.69, 9.17) is 4.74 Å². The summed E-state index contributed by atoms with van der Waals surface area (Å²) < 4.78 is 5.34. The highest BCUT2D eigenvalue weighted by Crippen LogP contribution is 2.29. The molecule has 1 aliphatic heterocycles. The molecule has 31 heavy (non-hydrogen) atoms. The Kier molecular flexibility index (Phi) is 6.63. The Morgan fingerprint density at radius 1 is 1.16 bits per heavy atom. The number of nitrogens with zero attached hydrogens (tertiary/aromatic N) is 1. The lowest BCUT2D eigenvalue weighted by Crippen LogP contribution is -2.43. The Morgan fingerprint density at radius 2 is 1.84 bits per heavy atom. The van der Waals surface area contributed by atoms with Crippen molar-refractivity contribution in [1.29, 1.82) is 0 Å². The first-order valence-corrected chi connectivity index (χ1v) is 10.5. The smallest absolute Gasteiger partial charge is 0.325 e. The summed E-state index contributed by atoms with van der Waals surface area (Å²) >= 11 is 0. The number of hydrogen-bond donors (Lipinski definition) is 2. The van der Waals surface area contributed by atoms with Crippen LogP contribution in [-0.4, -0.2) is 36.4 Å². The predicted octanol–water partition coefficient (Wildman–Crippen LogP) is 3.29. The van der Waals surface area contributed by atoms with Gasteiger partial charge in [0.1, 0.15) is 17.8 Å². The van der Waals surface area contributed by atoms with Crippen molar-refractivity contribution in [2.75, 3.05) is 13.7 Å². The molecule has 1 saturated heterocycles. The molecule has 2 atom stereocenters. The Balaban J connectivity index is 1.70. The molecule has 0 spiro atoms. The van der Waals surface area contributed by atoms with Crippen LogP contribution in [0.1, 0.15) is 49.9 Å². The van der Waals surface area contributed by atoms with E-state index in [2.05, 4.69) is 17.6 Å². The van der Waals surface area contributed by atoms with E-state index in [1.165, 1.54) is 5.56 Å². The zero-order valence-corrected chi connectivity index (χ0v) is 18.4. The molecule has 0 unspecified atom stereocenters. The number of urea groups is 1. The zero-order valence-electron chi connectivity index (χ0n) is 18.4. The van der Waals surface area contributed by atoms with Crippen LogP contribution in [0, 0.1) is 0 Å². The number of para-hydroxylation sites is 1. The Bertz CT molecular complexity index is 973. The van der Waals surface area contributed by atoms with Crippen molar-refractivity contribution in [2.45, 2.75) is 45.2 Å². The number of carbonyl (C=O) groups excluding carboxylic acids is 3. The van der Waals surface area contributed by atoms with Crippen LogP contribution < -0.4 is 15.4 Å². The van der Waals surface area contributed by atoms with Gasteiger partial charge in [-0.15, -0.1) is 0 Å². The number of rotatable bonds is 8. The van der Waals surface area contributed by atoms with Gasteiger partial charge in [0.15, 0.2) is 0 Å². The first-order valence-electron chi connectivity index (χ1n) is 10.5. The summed E-state index contributed by atoms with van der Waals surface area (Å²) in [6.45, 7) is 5.24. The summed E-state index contributed by atoms with van der Waals surface area (Å²) in [6, 6.07) is 14.1. The minimum Gasteiger partial charge on any atom is -0.496 e. The van der Waals surface area contributed by atoms with Crippen LogP contribution in [-0.2, 0) is 21.5 Å². The van der Waals surface area contributed by atoms with E-state index >= 15 is 0 Å². The van der Waals surface area contributed by atoms with E-state index < -0.39 is 23.4 Å². The summed E-state index contributed by atoms with van der Waals surface area (Å²) in [7, 11) is 1.57. The highest BCUT2D eigenvalue weighted by atomic mass is 16.5. The molecule has 0 saturated carbocycles. The lowest BCUT2D eigenvalue weighted by atomic mass is 9.91. The Hall–Kier alpha value is -3.35. The van der Waals surface area contributed by atoms with E-state index in [0.717, 1.165) is 23.3 Å². The van der Waals surface area contributed by atoms with Crippen LogP contribution in [0.4, 0.5) is 4.79 Å². The van der Waals surface area contributed by atoms with Crippen LogP contribution in [0.15, 0.2) is 48.5 Å². The van der Waals surface area contributed by atoms with Crippen molar-refractivity contribution < 1.29 is 19.1 Å². The van der Waals surface area contributed by atoms with Gasteiger partial charge in [-0.05, 0) is 37.5 Å². The minimum absolute atomic E-state index is 0.345. The predicted molar refractivity (Wildman–Crippen MR) is 118 cm³/mol. The van der Waals surface area contributed by atoms with E-state index in [-0.39, 0.29) is 12.6 Å². The lowest BCUT2D eigenvalue weighted by Gasteiger charge is -2.23. The number of aryl methyl sites for hydroxylation is 1. The number of methoxy groups -OCH3 is 1. The van der Waals surface area contributed by atoms with Gasteiger partial charge < -0.3 is 15.4 Å². The maximum Gasteiger partial charge on any atom is 0.325 e. The fourth-order valence-electron chi connectivity index (χ4n) is 3.86. The highest BCUT2D eigenvalue weighted by Gasteiger charge is 2.49. The number of imide groups is 1. The molecule has 164 valence electrons. The molecule has 3 rings (SSSR count). The second kappa shape index (κ2) is 9.20. The molecule has 7 heteroatoms. The summed E-state index contributed by atoms with van der Waals surface area (Å²) in [5, 5.41) is 5.58. The van der Waals surface area contributed by atoms with Crippen LogP contribution >= 0.6 is 0 Å². The van der Waals surface area contributed by atoms with Gasteiger partial charge in [0.2, 0.25) is 5.91 Å². The van der Waals surface area contributed by atoms with Gasteiger partial charge in [0, 0.05) is 5.56 Å². The first-order chi connectivity index (χ1) is 14.8. The fraction of sp³-hybridized carbons (Fsp3) is 0.375. The zero-order chi connectivity index (χ0) is 22.6. The van der Waals surface area contributed by atoms with Gasteiger partial charge in [0.25, 0.3) is 5.91 Å². The molecular formula is C24H29N3O4. The Morgan fingerprint density at radius 3 is 2.48 bits per heavy atom. The van der Waals surface area contributed by atoms with E-state index in [0.29, 0.717) is 11.3 Å². The van der Waals surface area contributed by atoms with Gasteiger partial charge in [0.05, 0.1) is 13.2 Å². The first kappa shape index (κ1) is 22.3. The molecule has 1 heterocycles. The van der Waals surface area contributed by atoms with Gasteiger partial charge in [-0.2, -0.15) is 0 Å². The number of carbonyl (C=O) groups is 3. The van der Waals surface area contributed by atoms with Crippen molar-refractivity contribution >= 4 is 17.8 Å². The maximum absolute atomic E-state index is 13.1. The molecular weight excluding hydrogens is 394 g/mol. The average Bonchev–Trinajstić information content (AvgIpc) is 2.98. The van der Waals surface area contributed by atoms with Crippen LogP contribution in [0.25, 0.3) is 0 Å². The standard InChI is InChI=1S/C24H29N3O4/c1-5-8-17-11-13-18(14-12-17)24(3)22(29)27(23(30)26-24)15-21(28)25-16(2)19-9-6-7-10-20(19)31-4/h6-7,9-14,16H,5,8,15H2,1-4H3,(H,25,28)(H,26,30)/t16-,24-/m0/s1. The SMILES string of the molecule is CCCc1ccc([C@]2(C)NC(=O)N(CC(=O)N[C@@H](C)c3ccccc3OC)C2=O)cc1. The number of hydrogen-bond acceptors (Lipinski definition) is 4. The van der Waals surface area contributed by atoms with E-state index in [9.17, 15) is 14.4 Å². The van der Waals surface area contributed by atoms with Crippen molar-refractivity contribution in [3.05, 3.63) is 65.2 Å². The minimum atomic E-state index is -1.20. The Labute approximate surface area is 182 Å². The molecule has 0 bridgehead atoms. The van der Waals surface area contributed by atoms with Gasteiger partial charge in [-0.25, -0.2) is 4.79 Å². The second-order valence-corrected chi connectivity index (χ2v) is 7.92. The topological polar surface area (TPSA) is 87.7 Å². The number of nitrogens with one attached hydrogen (secondary N) is 2. The summed E-state index contributed by atoms with van der Waals surface area (Å²) in [5.41, 5.74) is 1.48. The quantitative estimate of drug-likeness (QED) is 0.638. The third-order valence-corrected chi connectivity index (χ3v) is 5.63. The van der Waals surface area contributed by atoms with Crippen LogP contribution in [0.2, 0.25) is 0 Å². The van der Waals surface area contributed by atoms with Gasteiger partial charge in [-0.3, -0.25) is 14.5 Å². The summed E-state index contributed by atoms with van der Waals surface area (Å²) in [4.78, 5) is 39.2. The molecule has 0 aromatic heterocycles. The molecule has 4 amide bonds. The number of amides is 4. The number of benzene rings is 2. The monoisotopic (exact) mass is 423 g/mol. The van der Waals surface area contributed by atoms with Crippen LogP contribution in [0.3, 0.4) is 0 Å². The van der Waals surface area contributed by atoms with E-state index in [1.807, 2.05) is 55.5 Å². The van der Waals surface area contributed by atoms with Crippen molar-refractivity contribution in [3.63, 3.8) is 0 Å². The highest BCUT2D eigenvalue weighted by molar-refractivity contribution is 6.09. The third kappa shape index (κ3) is 4.55. The normalized spacial score (nSPS) is 19.2. The number of ether oxygens (including phenoxy) is 1. The lowest BCUT2D eigenvalue weighted by molar-refractivity contribution is -0.135. The van der Waals surface area contributed by atoms with Crippen molar-refractivity contribution in [1.82, 2.24) is 15.5 Å². The summed E-state index contributed by atoms with van der Waals surface area (Å²) in [6.07, 6.45) is 1.98. The third-order valence-electron chi connectivity index (χ3n) is 5.63.